The van der Waals surface area contributed by atoms with E-state index < -0.39 is 0 Å². The summed E-state index contributed by atoms with van der Waals surface area (Å²) in [4.78, 5) is 14.3. The quantitative estimate of drug-likeness (QED) is 0.843. The number of carbonyl (C=O) groups excluding carboxylic acids is 1. The van der Waals surface area contributed by atoms with Crippen LogP contribution in [0.4, 0.5) is 0 Å². The average Bonchev–Trinajstić information content (AvgIpc) is 3.15. The van der Waals surface area contributed by atoms with Crippen molar-refractivity contribution in [2.24, 2.45) is 5.92 Å². The van der Waals surface area contributed by atoms with Crippen LogP contribution >= 0.6 is 0 Å². The number of benzene rings is 1. The Hall–Kier alpha value is -1.55. The van der Waals surface area contributed by atoms with E-state index >= 15 is 0 Å². The zero-order valence-electron chi connectivity index (χ0n) is 11.0. The van der Waals surface area contributed by atoms with E-state index in [2.05, 4.69) is 5.32 Å². The predicted octanol–water partition coefficient (Wildman–Crippen LogP) is 1.49. The highest BCUT2D eigenvalue weighted by molar-refractivity contribution is 5.77. The second kappa shape index (κ2) is 5.21. The fourth-order valence-electron chi connectivity index (χ4n) is 2.52. The van der Waals surface area contributed by atoms with Gasteiger partial charge in [-0.15, -0.1) is 0 Å². The van der Waals surface area contributed by atoms with Crippen molar-refractivity contribution in [3.63, 3.8) is 0 Å². The first-order valence-corrected chi connectivity index (χ1v) is 7.00. The van der Waals surface area contributed by atoms with E-state index in [1.807, 2.05) is 17.0 Å². The third kappa shape index (κ3) is 3.07. The van der Waals surface area contributed by atoms with Crippen molar-refractivity contribution in [2.45, 2.75) is 31.8 Å². The number of nitrogens with one attached hydrogen (secondary N) is 1. The number of hydrogen-bond donors (Lipinski definition) is 2. The highest BCUT2D eigenvalue weighted by Crippen LogP contribution is 2.30. The minimum atomic E-state index is 0.261. The van der Waals surface area contributed by atoms with Crippen molar-refractivity contribution in [3.8, 4) is 5.75 Å². The van der Waals surface area contributed by atoms with Gasteiger partial charge in [0.15, 0.2) is 0 Å². The molecule has 1 amide bonds. The number of aromatic hydroxyl groups is 1. The topological polar surface area (TPSA) is 52.6 Å². The Kier molecular flexibility index (Phi) is 3.42. The summed E-state index contributed by atoms with van der Waals surface area (Å²) in [5.74, 6) is 1.04. The molecule has 1 heterocycles. The van der Waals surface area contributed by atoms with Crippen molar-refractivity contribution >= 4 is 5.91 Å². The Labute approximate surface area is 113 Å². The molecule has 0 radical (unpaired) electrons. The molecule has 3 rings (SSSR count). The SMILES string of the molecule is O=C(CC1CNC1)N(Cc1cccc(O)c1)C1CC1. The van der Waals surface area contributed by atoms with Gasteiger partial charge in [-0.3, -0.25) is 4.79 Å². The van der Waals surface area contributed by atoms with E-state index in [0.29, 0.717) is 24.9 Å². The molecule has 1 aliphatic carbocycles. The lowest BCUT2D eigenvalue weighted by molar-refractivity contribution is -0.133. The third-order valence-corrected chi connectivity index (χ3v) is 3.90. The first-order valence-electron chi connectivity index (χ1n) is 7.00. The smallest absolute Gasteiger partial charge is 0.223 e. The fraction of sp³-hybridized carbons (Fsp3) is 0.533. The molecule has 19 heavy (non-hydrogen) atoms. The fourth-order valence-corrected chi connectivity index (χ4v) is 2.52. The largest absolute Gasteiger partial charge is 0.508 e. The Balaban J connectivity index is 1.65. The molecule has 2 aliphatic rings. The van der Waals surface area contributed by atoms with E-state index in [9.17, 15) is 9.90 Å². The maximum atomic E-state index is 12.4. The van der Waals surface area contributed by atoms with Gasteiger partial charge < -0.3 is 15.3 Å². The molecule has 2 N–H and O–H groups in total. The van der Waals surface area contributed by atoms with Gasteiger partial charge in [-0.25, -0.2) is 0 Å². The zero-order chi connectivity index (χ0) is 13.2. The van der Waals surface area contributed by atoms with Crippen LogP contribution in [0.25, 0.3) is 0 Å². The van der Waals surface area contributed by atoms with Crippen molar-refractivity contribution in [1.82, 2.24) is 10.2 Å². The number of hydrogen-bond acceptors (Lipinski definition) is 3. The standard InChI is InChI=1S/C15H20N2O2/c18-14-3-1-2-11(6-14)10-17(13-4-5-13)15(19)7-12-8-16-9-12/h1-3,6,12-13,16,18H,4-5,7-10H2. The molecule has 102 valence electrons. The van der Waals surface area contributed by atoms with Gasteiger partial charge in [0.05, 0.1) is 0 Å². The van der Waals surface area contributed by atoms with Crippen LogP contribution in [0.2, 0.25) is 0 Å². The summed E-state index contributed by atoms with van der Waals surface area (Å²) in [6.45, 7) is 2.56. The Morgan fingerprint density at radius 2 is 2.16 bits per heavy atom. The number of phenolic OH excluding ortho intramolecular Hbond substituents is 1. The molecule has 1 saturated heterocycles. The third-order valence-electron chi connectivity index (χ3n) is 3.90. The molecule has 0 unspecified atom stereocenters. The van der Waals surface area contributed by atoms with Crippen molar-refractivity contribution in [1.29, 1.82) is 0 Å². The number of rotatable bonds is 5. The van der Waals surface area contributed by atoms with Gasteiger partial charge in [0.2, 0.25) is 5.91 Å². The minimum Gasteiger partial charge on any atom is -0.508 e. The molecule has 0 bridgehead atoms. The summed E-state index contributed by atoms with van der Waals surface area (Å²) in [5, 5.41) is 12.7. The van der Waals surface area contributed by atoms with Crippen LogP contribution in [-0.2, 0) is 11.3 Å². The molecular weight excluding hydrogens is 240 g/mol. The zero-order valence-corrected chi connectivity index (χ0v) is 11.0. The summed E-state index contributed by atoms with van der Waals surface area (Å²) >= 11 is 0. The van der Waals surface area contributed by atoms with Crippen molar-refractivity contribution < 1.29 is 9.90 Å². The van der Waals surface area contributed by atoms with Crippen LogP contribution in [0, 0.1) is 5.92 Å². The van der Waals surface area contributed by atoms with E-state index in [1.165, 1.54) is 0 Å². The van der Waals surface area contributed by atoms with Crippen molar-refractivity contribution in [2.75, 3.05) is 13.1 Å². The molecule has 0 aromatic heterocycles. The normalized spacial score (nSPS) is 18.9. The maximum Gasteiger partial charge on any atom is 0.223 e. The van der Waals surface area contributed by atoms with Crippen LogP contribution in [0.1, 0.15) is 24.8 Å². The van der Waals surface area contributed by atoms with Crippen LogP contribution in [0.15, 0.2) is 24.3 Å². The first kappa shape index (κ1) is 12.5. The van der Waals surface area contributed by atoms with Gasteiger partial charge in [-0.1, -0.05) is 12.1 Å². The summed E-state index contributed by atoms with van der Waals surface area (Å²) in [5.41, 5.74) is 1.01. The lowest BCUT2D eigenvalue weighted by Crippen LogP contribution is -2.45. The summed E-state index contributed by atoms with van der Waals surface area (Å²) in [6, 6.07) is 7.62. The second-order valence-electron chi connectivity index (χ2n) is 5.65. The number of amides is 1. The monoisotopic (exact) mass is 260 g/mol. The van der Waals surface area contributed by atoms with Gasteiger partial charge in [0.25, 0.3) is 0 Å². The molecule has 1 aliphatic heterocycles. The lowest BCUT2D eigenvalue weighted by Gasteiger charge is -2.30. The summed E-state index contributed by atoms with van der Waals surface area (Å²) in [7, 11) is 0. The molecule has 0 spiro atoms. The highest BCUT2D eigenvalue weighted by Gasteiger charge is 2.34. The Bertz CT molecular complexity index is 467. The van der Waals surface area contributed by atoms with Gasteiger partial charge in [0, 0.05) is 19.0 Å². The molecule has 4 nitrogen and oxygen atoms in total. The Morgan fingerprint density at radius 1 is 1.37 bits per heavy atom. The van der Waals surface area contributed by atoms with Crippen molar-refractivity contribution in [3.05, 3.63) is 29.8 Å². The van der Waals surface area contributed by atoms with Gasteiger partial charge in [-0.05, 0) is 49.5 Å². The van der Waals surface area contributed by atoms with E-state index in [4.69, 9.17) is 0 Å². The minimum absolute atomic E-state index is 0.261. The van der Waals surface area contributed by atoms with Crippen LogP contribution in [0.3, 0.4) is 0 Å². The van der Waals surface area contributed by atoms with Crippen LogP contribution in [0.5, 0.6) is 5.75 Å². The van der Waals surface area contributed by atoms with E-state index in [1.54, 1.807) is 12.1 Å². The highest BCUT2D eigenvalue weighted by atomic mass is 16.3. The summed E-state index contributed by atoms with van der Waals surface area (Å²) in [6.07, 6.45) is 2.89. The maximum absolute atomic E-state index is 12.4. The predicted molar refractivity (Wildman–Crippen MR) is 72.7 cm³/mol. The number of nitrogens with zero attached hydrogens (tertiary/aromatic N) is 1. The van der Waals surface area contributed by atoms with E-state index in [-0.39, 0.29) is 11.7 Å². The lowest BCUT2D eigenvalue weighted by atomic mass is 9.98. The molecule has 1 aromatic carbocycles. The summed E-state index contributed by atoms with van der Waals surface area (Å²) < 4.78 is 0. The molecule has 2 fully saturated rings. The van der Waals surface area contributed by atoms with Gasteiger partial charge in [-0.2, -0.15) is 0 Å². The van der Waals surface area contributed by atoms with Crippen LogP contribution < -0.4 is 5.32 Å². The molecule has 4 heteroatoms. The number of carbonyl (C=O) groups is 1. The van der Waals surface area contributed by atoms with Crippen LogP contribution in [-0.4, -0.2) is 35.0 Å². The Morgan fingerprint density at radius 3 is 2.74 bits per heavy atom. The second-order valence-corrected chi connectivity index (χ2v) is 5.65. The first-order chi connectivity index (χ1) is 9.22. The number of phenols is 1. The average molecular weight is 260 g/mol. The van der Waals surface area contributed by atoms with Gasteiger partial charge >= 0.3 is 0 Å². The van der Waals surface area contributed by atoms with Gasteiger partial charge in [0.1, 0.15) is 5.75 Å². The van der Waals surface area contributed by atoms with E-state index in [0.717, 1.165) is 31.5 Å². The molecular formula is C15H20N2O2. The molecule has 1 saturated carbocycles. The molecule has 0 atom stereocenters. The molecule has 1 aromatic rings.